The number of benzene rings is 2. The van der Waals surface area contributed by atoms with Crippen molar-refractivity contribution in [1.82, 2.24) is 0 Å². The number of rotatable bonds is 3. The summed E-state index contributed by atoms with van der Waals surface area (Å²) in [5.74, 6) is -0.197. The number of hydrogen-bond acceptors (Lipinski definition) is 3. The monoisotopic (exact) mass is 251 g/mol. The molecule has 0 aromatic heterocycles. The molecule has 0 atom stereocenters. The van der Waals surface area contributed by atoms with E-state index in [1.54, 1.807) is 36.4 Å². The third-order valence-corrected chi connectivity index (χ3v) is 2.69. The lowest BCUT2D eigenvalue weighted by atomic mass is 10.1. The van der Waals surface area contributed by atoms with Gasteiger partial charge in [0.05, 0.1) is 11.6 Å². The number of anilines is 2. The van der Waals surface area contributed by atoms with Crippen LogP contribution >= 0.6 is 0 Å². The van der Waals surface area contributed by atoms with Gasteiger partial charge < -0.3 is 10.6 Å². The molecule has 0 aliphatic heterocycles. The highest BCUT2D eigenvalue weighted by Gasteiger charge is 2.06. The van der Waals surface area contributed by atoms with Crippen LogP contribution in [0.4, 0.5) is 11.4 Å². The second-order valence-electron chi connectivity index (χ2n) is 3.97. The SMILES string of the molecule is CNc1ccc(C(=O)Nc2cccc(C#N)c2)cc1. The Hall–Kier alpha value is -2.80. The van der Waals surface area contributed by atoms with E-state index in [2.05, 4.69) is 10.6 Å². The molecule has 0 heterocycles. The van der Waals surface area contributed by atoms with Crippen molar-refractivity contribution in [2.75, 3.05) is 17.7 Å². The van der Waals surface area contributed by atoms with Gasteiger partial charge in [0.2, 0.25) is 0 Å². The smallest absolute Gasteiger partial charge is 0.255 e. The summed E-state index contributed by atoms with van der Waals surface area (Å²) in [6.07, 6.45) is 0. The maximum atomic E-state index is 12.0. The largest absolute Gasteiger partial charge is 0.388 e. The Morgan fingerprint density at radius 1 is 1.11 bits per heavy atom. The van der Waals surface area contributed by atoms with Crippen LogP contribution in [-0.4, -0.2) is 13.0 Å². The van der Waals surface area contributed by atoms with Gasteiger partial charge in [-0.25, -0.2) is 0 Å². The molecule has 19 heavy (non-hydrogen) atoms. The number of nitrogens with one attached hydrogen (secondary N) is 2. The summed E-state index contributed by atoms with van der Waals surface area (Å²) >= 11 is 0. The van der Waals surface area contributed by atoms with Crippen molar-refractivity contribution >= 4 is 17.3 Å². The van der Waals surface area contributed by atoms with E-state index < -0.39 is 0 Å². The standard InChI is InChI=1S/C15H13N3O/c1-17-13-7-5-12(6-8-13)15(19)18-14-4-2-3-11(9-14)10-16/h2-9,17H,1H3,(H,18,19). The Morgan fingerprint density at radius 3 is 2.47 bits per heavy atom. The summed E-state index contributed by atoms with van der Waals surface area (Å²) < 4.78 is 0. The third kappa shape index (κ3) is 3.11. The Labute approximate surface area is 111 Å². The molecule has 0 fully saturated rings. The van der Waals surface area contributed by atoms with Crippen molar-refractivity contribution in [3.63, 3.8) is 0 Å². The Morgan fingerprint density at radius 2 is 1.84 bits per heavy atom. The van der Waals surface area contributed by atoms with Crippen molar-refractivity contribution < 1.29 is 4.79 Å². The van der Waals surface area contributed by atoms with Crippen molar-refractivity contribution in [1.29, 1.82) is 5.26 Å². The summed E-state index contributed by atoms with van der Waals surface area (Å²) in [5.41, 5.74) is 2.65. The van der Waals surface area contributed by atoms with Crippen molar-refractivity contribution in [2.45, 2.75) is 0 Å². The molecule has 0 aliphatic carbocycles. The number of nitriles is 1. The van der Waals surface area contributed by atoms with Gasteiger partial charge in [0.1, 0.15) is 0 Å². The fraction of sp³-hybridized carbons (Fsp3) is 0.0667. The molecule has 0 unspecified atom stereocenters. The minimum atomic E-state index is -0.197. The number of amides is 1. The molecule has 4 heteroatoms. The minimum Gasteiger partial charge on any atom is -0.388 e. The molecule has 0 radical (unpaired) electrons. The Balaban J connectivity index is 2.13. The molecular weight excluding hydrogens is 238 g/mol. The van der Waals surface area contributed by atoms with E-state index in [1.807, 2.05) is 25.2 Å². The van der Waals surface area contributed by atoms with E-state index >= 15 is 0 Å². The summed E-state index contributed by atoms with van der Waals surface area (Å²) in [5, 5.41) is 14.6. The van der Waals surface area contributed by atoms with Gasteiger partial charge in [-0.05, 0) is 42.5 Å². The van der Waals surface area contributed by atoms with Crippen molar-refractivity contribution in [3.8, 4) is 6.07 Å². The summed E-state index contributed by atoms with van der Waals surface area (Å²) in [4.78, 5) is 12.0. The molecule has 0 saturated carbocycles. The zero-order valence-corrected chi connectivity index (χ0v) is 10.5. The quantitative estimate of drug-likeness (QED) is 0.881. The first-order valence-electron chi connectivity index (χ1n) is 5.82. The predicted octanol–water partition coefficient (Wildman–Crippen LogP) is 2.85. The van der Waals surface area contributed by atoms with Crippen LogP contribution in [0.15, 0.2) is 48.5 Å². The second kappa shape index (κ2) is 5.69. The predicted molar refractivity (Wildman–Crippen MR) is 75.1 cm³/mol. The molecule has 0 aliphatic rings. The van der Waals surface area contributed by atoms with Gasteiger partial charge in [-0.3, -0.25) is 4.79 Å². The van der Waals surface area contributed by atoms with Crippen LogP contribution in [-0.2, 0) is 0 Å². The molecule has 2 aromatic carbocycles. The van der Waals surface area contributed by atoms with Crippen LogP contribution in [0.25, 0.3) is 0 Å². The zero-order valence-electron chi connectivity index (χ0n) is 10.5. The van der Waals surface area contributed by atoms with E-state index in [-0.39, 0.29) is 5.91 Å². The fourth-order valence-corrected chi connectivity index (χ4v) is 1.66. The molecule has 0 spiro atoms. The van der Waals surface area contributed by atoms with E-state index in [9.17, 15) is 4.79 Å². The molecule has 1 amide bonds. The first-order chi connectivity index (χ1) is 9.22. The first kappa shape index (κ1) is 12.7. The lowest BCUT2D eigenvalue weighted by molar-refractivity contribution is 0.102. The Kier molecular flexibility index (Phi) is 3.79. The van der Waals surface area contributed by atoms with Gasteiger partial charge in [-0.15, -0.1) is 0 Å². The second-order valence-corrected chi connectivity index (χ2v) is 3.97. The topological polar surface area (TPSA) is 64.9 Å². The first-order valence-corrected chi connectivity index (χ1v) is 5.82. The van der Waals surface area contributed by atoms with Gasteiger partial charge >= 0.3 is 0 Å². The summed E-state index contributed by atoms with van der Waals surface area (Å²) in [6.45, 7) is 0. The van der Waals surface area contributed by atoms with E-state index in [4.69, 9.17) is 5.26 Å². The average Bonchev–Trinajstić information content (AvgIpc) is 2.47. The van der Waals surface area contributed by atoms with Gasteiger partial charge in [0, 0.05) is 24.0 Å². The highest BCUT2D eigenvalue weighted by Crippen LogP contribution is 2.13. The number of carbonyl (C=O) groups is 1. The summed E-state index contributed by atoms with van der Waals surface area (Å²) in [6, 6.07) is 16.0. The summed E-state index contributed by atoms with van der Waals surface area (Å²) in [7, 11) is 1.82. The fourth-order valence-electron chi connectivity index (χ4n) is 1.66. The van der Waals surface area contributed by atoms with Crippen molar-refractivity contribution in [3.05, 3.63) is 59.7 Å². The van der Waals surface area contributed by atoms with Crippen LogP contribution < -0.4 is 10.6 Å². The number of hydrogen-bond donors (Lipinski definition) is 2. The van der Waals surface area contributed by atoms with E-state index in [0.29, 0.717) is 16.8 Å². The van der Waals surface area contributed by atoms with Crippen LogP contribution in [0.5, 0.6) is 0 Å². The maximum absolute atomic E-state index is 12.0. The van der Waals surface area contributed by atoms with Gasteiger partial charge in [-0.2, -0.15) is 5.26 Å². The molecule has 94 valence electrons. The van der Waals surface area contributed by atoms with Gasteiger partial charge in [0.25, 0.3) is 5.91 Å². The lowest BCUT2D eigenvalue weighted by Gasteiger charge is -2.06. The van der Waals surface area contributed by atoms with E-state index in [0.717, 1.165) is 5.69 Å². The van der Waals surface area contributed by atoms with Gasteiger partial charge in [-0.1, -0.05) is 6.07 Å². The van der Waals surface area contributed by atoms with Gasteiger partial charge in [0.15, 0.2) is 0 Å². The van der Waals surface area contributed by atoms with Crippen LogP contribution in [0.1, 0.15) is 15.9 Å². The highest BCUT2D eigenvalue weighted by atomic mass is 16.1. The molecule has 2 aromatic rings. The van der Waals surface area contributed by atoms with Crippen molar-refractivity contribution in [2.24, 2.45) is 0 Å². The third-order valence-electron chi connectivity index (χ3n) is 2.69. The van der Waals surface area contributed by atoms with Crippen LogP contribution in [0.2, 0.25) is 0 Å². The molecule has 0 saturated heterocycles. The molecule has 2 N–H and O–H groups in total. The van der Waals surface area contributed by atoms with Crippen LogP contribution in [0.3, 0.4) is 0 Å². The zero-order chi connectivity index (χ0) is 13.7. The maximum Gasteiger partial charge on any atom is 0.255 e. The molecular formula is C15H13N3O. The number of nitrogens with zero attached hydrogens (tertiary/aromatic N) is 1. The minimum absolute atomic E-state index is 0.197. The lowest BCUT2D eigenvalue weighted by Crippen LogP contribution is -2.11. The highest BCUT2D eigenvalue weighted by molar-refractivity contribution is 6.04. The van der Waals surface area contributed by atoms with Crippen LogP contribution in [0, 0.1) is 11.3 Å². The normalized spacial score (nSPS) is 9.47. The molecule has 2 rings (SSSR count). The average molecular weight is 251 g/mol. The Bertz CT molecular complexity index is 627. The number of carbonyl (C=O) groups excluding carboxylic acids is 1. The molecule has 4 nitrogen and oxygen atoms in total. The molecule has 0 bridgehead atoms. The van der Waals surface area contributed by atoms with E-state index in [1.165, 1.54) is 0 Å².